The highest BCUT2D eigenvalue weighted by Crippen LogP contribution is 2.25. The van der Waals surface area contributed by atoms with Gasteiger partial charge in [0.05, 0.1) is 11.6 Å². The largest absolute Gasteiger partial charge is 0.451 e. The molecule has 0 fully saturated rings. The van der Waals surface area contributed by atoms with Crippen molar-refractivity contribution in [3.63, 3.8) is 0 Å². The van der Waals surface area contributed by atoms with Crippen LogP contribution in [0.5, 0.6) is 0 Å². The summed E-state index contributed by atoms with van der Waals surface area (Å²) in [7, 11) is 0. The number of furan rings is 1. The summed E-state index contributed by atoms with van der Waals surface area (Å²) in [6, 6.07) is 19.2. The number of halogens is 1. The van der Waals surface area contributed by atoms with Crippen molar-refractivity contribution in [3.05, 3.63) is 77.0 Å². The molecule has 0 unspecified atom stereocenters. The smallest absolute Gasteiger partial charge is 0.291 e. The highest BCUT2D eigenvalue weighted by molar-refractivity contribution is 6.30. The van der Waals surface area contributed by atoms with Crippen molar-refractivity contribution in [2.75, 3.05) is 5.32 Å². The molecule has 0 aliphatic heterocycles. The fourth-order valence-electron chi connectivity index (χ4n) is 2.12. The molecule has 112 valence electrons. The number of carbonyl (C=O) groups is 1. The number of benzene rings is 2. The zero-order valence-electron chi connectivity index (χ0n) is 11.9. The molecule has 0 bridgehead atoms. The van der Waals surface area contributed by atoms with Crippen molar-refractivity contribution in [1.82, 2.24) is 0 Å². The van der Waals surface area contributed by atoms with Gasteiger partial charge in [-0.25, -0.2) is 0 Å². The van der Waals surface area contributed by atoms with Crippen LogP contribution in [0.15, 0.2) is 65.1 Å². The van der Waals surface area contributed by atoms with Gasteiger partial charge in [0, 0.05) is 16.3 Å². The topological polar surface area (TPSA) is 66.0 Å². The van der Waals surface area contributed by atoms with Gasteiger partial charge in [-0.15, -0.1) is 0 Å². The molecule has 2 aromatic carbocycles. The van der Waals surface area contributed by atoms with Crippen LogP contribution < -0.4 is 5.32 Å². The van der Waals surface area contributed by atoms with Crippen molar-refractivity contribution in [1.29, 1.82) is 5.26 Å². The Bertz CT molecular complexity index is 909. The van der Waals surface area contributed by atoms with Gasteiger partial charge in [0.1, 0.15) is 5.76 Å². The van der Waals surface area contributed by atoms with E-state index in [1.165, 1.54) is 0 Å². The van der Waals surface area contributed by atoms with Gasteiger partial charge >= 0.3 is 0 Å². The average Bonchev–Trinajstić information content (AvgIpc) is 3.05. The van der Waals surface area contributed by atoms with E-state index in [1.54, 1.807) is 48.5 Å². The van der Waals surface area contributed by atoms with Gasteiger partial charge in [0.15, 0.2) is 5.76 Å². The number of rotatable bonds is 3. The summed E-state index contributed by atoms with van der Waals surface area (Å²) < 4.78 is 5.58. The Morgan fingerprint density at radius 3 is 2.70 bits per heavy atom. The Morgan fingerprint density at radius 1 is 1.09 bits per heavy atom. The molecule has 1 heterocycles. The first-order chi connectivity index (χ1) is 11.2. The third-order valence-corrected chi connectivity index (χ3v) is 3.42. The van der Waals surface area contributed by atoms with E-state index in [1.807, 2.05) is 18.2 Å². The van der Waals surface area contributed by atoms with Gasteiger partial charge in [-0.1, -0.05) is 29.8 Å². The maximum Gasteiger partial charge on any atom is 0.291 e. The van der Waals surface area contributed by atoms with E-state index in [2.05, 4.69) is 5.32 Å². The Balaban J connectivity index is 1.80. The molecule has 1 aromatic heterocycles. The fourth-order valence-corrected chi connectivity index (χ4v) is 2.31. The lowest BCUT2D eigenvalue weighted by molar-refractivity contribution is 0.0997. The van der Waals surface area contributed by atoms with Crippen molar-refractivity contribution < 1.29 is 9.21 Å². The van der Waals surface area contributed by atoms with Crippen LogP contribution in [-0.2, 0) is 0 Å². The first-order valence-corrected chi connectivity index (χ1v) is 7.21. The third-order valence-electron chi connectivity index (χ3n) is 3.19. The molecule has 3 aromatic rings. The van der Waals surface area contributed by atoms with Crippen LogP contribution in [0.25, 0.3) is 11.3 Å². The maximum absolute atomic E-state index is 12.2. The van der Waals surface area contributed by atoms with E-state index in [0.717, 1.165) is 5.56 Å². The van der Waals surface area contributed by atoms with Crippen LogP contribution in [-0.4, -0.2) is 5.91 Å². The van der Waals surface area contributed by atoms with Crippen molar-refractivity contribution >= 4 is 23.2 Å². The Hall–Kier alpha value is -3.03. The minimum atomic E-state index is -0.381. The van der Waals surface area contributed by atoms with E-state index < -0.39 is 0 Å². The predicted octanol–water partition coefficient (Wildman–Crippen LogP) is 4.72. The molecule has 0 spiro atoms. The van der Waals surface area contributed by atoms with Crippen molar-refractivity contribution in [2.45, 2.75) is 0 Å². The molecule has 0 saturated carbocycles. The number of hydrogen-bond donors (Lipinski definition) is 1. The quantitative estimate of drug-likeness (QED) is 0.758. The van der Waals surface area contributed by atoms with Gasteiger partial charge in [-0.3, -0.25) is 4.79 Å². The van der Waals surface area contributed by atoms with Crippen LogP contribution >= 0.6 is 11.6 Å². The second-order valence-corrected chi connectivity index (χ2v) is 5.26. The molecule has 0 saturated heterocycles. The SMILES string of the molecule is N#Cc1cccc(NC(=O)c2ccc(-c3cccc(Cl)c3)o2)c1. The zero-order chi connectivity index (χ0) is 16.2. The number of hydrogen-bond acceptors (Lipinski definition) is 3. The van der Waals surface area contributed by atoms with Gasteiger partial charge in [-0.05, 0) is 42.5 Å². The predicted molar refractivity (Wildman–Crippen MR) is 88.3 cm³/mol. The number of amides is 1. The lowest BCUT2D eigenvalue weighted by Crippen LogP contribution is -2.10. The van der Waals surface area contributed by atoms with Crippen LogP contribution in [0.2, 0.25) is 5.02 Å². The van der Waals surface area contributed by atoms with E-state index in [4.69, 9.17) is 21.3 Å². The molecular formula is C18H11ClN2O2. The monoisotopic (exact) mass is 322 g/mol. The summed E-state index contributed by atoms with van der Waals surface area (Å²) in [5.41, 5.74) is 1.81. The Morgan fingerprint density at radius 2 is 1.91 bits per heavy atom. The van der Waals surface area contributed by atoms with E-state index in [0.29, 0.717) is 22.0 Å². The molecule has 1 N–H and O–H groups in total. The number of anilines is 1. The molecule has 0 aliphatic carbocycles. The lowest BCUT2D eigenvalue weighted by atomic mass is 10.2. The van der Waals surface area contributed by atoms with Crippen LogP contribution in [0.1, 0.15) is 16.1 Å². The minimum absolute atomic E-state index is 0.183. The van der Waals surface area contributed by atoms with Crippen LogP contribution in [0, 0.1) is 11.3 Å². The highest BCUT2D eigenvalue weighted by Gasteiger charge is 2.13. The fraction of sp³-hybridized carbons (Fsp3) is 0. The van der Waals surface area contributed by atoms with Crippen molar-refractivity contribution in [3.8, 4) is 17.4 Å². The Kier molecular flexibility index (Phi) is 4.13. The lowest BCUT2D eigenvalue weighted by Gasteiger charge is -2.03. The van der Waals surface area contributed by atoms with Gasteiger partial charge in [0.2, 0.25) is 0 Å². The van der Waals surface area contributed by atoms with Crippen LogP contribution in [0.3, 0.4) is 0 Å². The third kappa shape index (κ3) is 3.42. The summed E-state index contributed by atoms with van der Waals surface area (Å²) in [5.74, 6) is 0.360. The molecule has 3 rings (SSSR count). The average molecular weight is 323 g/mol. The van der Waals surface area contributed by atoms with Gasteiger partial charge < -0.3 is 9.73 Å². The number of nitriles is 1. The van der Waals surface area contributed by atoms with E-state index >= 15 is 0 Å². The molecule has 0 radical (unpaired) electrons. The minimum Gasteiger partial charge on any atom is -0.451 e. The normalized spacial score (nSPS) is 10.1. The molecule has 5 heteroatoms. The first kappa shape index (κ1) is 14.9. The zero-order valence-corrected chi connectivity index (χ0v) is 12.7. The first-order valence-electron chi connectivity index (χ1n) is 6.83. The second-order valence-electron chi connectivity index (χ2n) is 4.82. The number of carbonyl (C=O) groups excluding carboxylic acids is 1. The standard InChI is InChI=1S/C18H11ClN2O2/c19-14-5-2-4-13(10-14)16-7-8-17(23-16)18(22)21-15-6-1-3-12(9-15)11-20/h1-10H,(H,21,22). The summed E-state index contributed by atoms with van der Waals surface area (Å²) in [6.07, 6.45) is 0. The summed E-state index contributed by atoms with van der Waals surface area (Å²) in [5, 5.41) is 12.2. The van der Waals surface area contributed by atoms with Gasteiger partial charge in [-0.2, -0.15) is 5.26 Å². The van der Waals surface area contributed by atoms with Crippen molar-refractivity contribution in [2.24, 2.45) is 0 Å². The molecule has 23 heavy (non-hydrogen) atoms. The summed E-state index contributed by atoms with van der Waals surface area (Å²) in [4.78, 5) is 12.2. The Labute approximate surface area is 137 Å². The maximum atomic E-state index is 12.2. The molecule has 4 nitrogen and oxygen atoms in total. The van der Waals surface area contributed by atoms with Gasteiger partial charge in [0.25, 0.3) is 5.91 Å². The molecule has 0 atom stereocenters. The van der Waals surface area contributed by atoms with Crippen LogP contribution in [0.4, 0.5) is 5.69 Å². The van der Waals surface area contributed by atoms with E-state index in [-0.39, 0.29) is 11.7 Å². The number of nitrogens with zero attached hydrogens (tertiary/aromatic N) is 1. The van der Waals surface area contributed by atoms with E-state index in [9.17, 15) is 4.79 Å². The molecule has 1 amide bonds. The second kappa shape index (κ2) is 6.39. The summed E-state index contributed by atoms with van der Waals surface area (Å²) in [6.45, 7) is 0. The number of nitrogens with one attached hydrogen (secondary N) is 1. The molecule has 0 aliphatic rings. The summed E-state index contributed by atoms with van der Waals surface area (Å²) >= 11 is 5.95. The highest BCUT2D eigenvalue weighted by atomic mass is 35.5. The molecular weight excluding hydrogens is 312 g/mol.